The maximum Gasteiger partial charge on any atom is 0.326 e. The van der Waals surface area contributed by atoms with Crippen LogP contribution >= 0.6 is 0 Å². The molecule has 0 aliphatic carbocycles. The second kappa shape index (κ2) is 7.88. The maximum absolute atomic E-state index is 11.7. The first-order chi connectivity index (χ1) is 8.29. The molecule has 3 N–H and O–H groups in total. The van der Waals surface area contributed by atoms with E-state index in [-0.39, 0.29) is 19.1 Å². The maximum atomic E-state index is 11.7. The first kappa shape index (κ1) is 16.7. The third-order valence-corrected chi connectivity index (χ3v) is 2.40. The number of carbonyl (C=O) groups excluding carboxylic acids is 1. The summed E-state index contributed by atoms with van der Waals surface area (Å²) >= 11 is 0. The molecule has 106 valence electrons. The van der Waals surface area contributed by atoms with Crippen molar-refractivity contribution in [3.8, 4) is 0 Å². The van der Waals surface area contributed by atoms with Gasteiger partial charge in [-0.25, -0.2) is 9.59 Å². The number of carboxylic acids is 1. The van der Waals surface area contributed by atoms with Crippen molar-refractivity contribution in [1.82, 2.24) is 10.2 Å². The van der Waals surface area contributed by atoms with Crippen molar-refractivity contribution in [2.24, 2.45) is 5.92 Å². The van der Waals surface area contributed by atoms with Crippen molar-refractivity contribution in [2.45, 2.75) is 26.0 Å². The van der Waals surface area contributed by atoms with Gasteiger partial charge in [0.2, 0.25) is 0 Å². The predicted octanol–water partition coefficient (Wildman–Crippen LogP) is -0.256. The third-order valence-electron chi connectivity index (χ3n) is 2.40. The van der Waals surface area contributed by atoms with Crippen LogP contribution in [0.25, 0.3) is 0 Å². The average Bonchev–Trinajstić information content (AvgIpc) is 2.24. The number of aliphatic hydroxyl groups is 1. The number of hydrogen-bond donors (Lipinski definition) is 3. The molecule has 0 rings (SSSR count). The Kier molecular flexibility index (Phi) is 7.30. The highest BCUT2D eigenvalue weighted by molar-refractivity contribution is 5.82. The van der Waals surface area contributed by atoms with E-state index in [1.807, 2.05) is 0 Å². The Morgan fingerprint density at radius 1 is 1.39 bits per heavy atom. The standard InChI is InChI=1S/C11H22N2O5/c1-7(2)9(10(15)16)12-11(17)13(3)5-8(14)6-18-4/h7-9,14H,5-6H2,1-4H3,(H,12,17)(H,15,16)/t8?,9-/m1/s1. The van der Waals surface area contributed by atoms with E-state index in [0.29, 0.717) is 0 Å². The Labute approximate surface area is 107 Å². The van der Waals surface area contributed by atoms with Gasteiger partial charge in [0.1, 0.15) is 6.04 Å². The third kappa shape index (κ3) is 5.83. The lowest BCUT2D eigenvalue weighted by Gasteiger charge is -2.24. The molecule has 0 fully saturated rings. The summed E-state index contributed by atoms with van der Waals surface area (Å²) in [5.41, 5.74) is 0. The Morgan fingerprint density at radius 2 is 1.94 bits per heavy atom. The highest BCUT2D eigenvalue weighted by atomic mass is 16.5. The number of likely N-dealkylation sites (N-methyl/N-ethyl adjacent to an activating group) is 1. The molecule has 0 aliphatic heterocycles. The molecule has 0 saturated heterocycles. The Hall–Kier alpha value is -1.34. The van der Waals surface area contributed by atoms with Gasteiger partial charge in [-0.15, -0.1) is 0 Å². The number of nitrogens with zero attached hydrogens (tertiary/aromatic N) is 1. The van der Waals surface area contributed by atoms with Gasteiger partial charge in [-0.2, -0.15) is 0 Å². The van der Waals surface area contributed by atoms with Crippen LogP contribution in [0.5, 0.6) is 0 Å². The van der Waals surface area contributed by atoms with Gasteiger partial charge in [0.25, 0.3) is 0 Å². The van der Waals surface area contributed by atoms with E-state index in [1.165, 1.54) is 19.1 Å². The van der Waals surface area contributed by atoms with Crippen molar-refractivity contribution >= 4 is 12.0 Å². The largest absolute Gasteiger partial charge is 0.480 e. The quantitative estimate of drug-likeness (QED) is 0.587. The summed E-state index contributed by atoms with van der Waals surface area (Å²) in [5.74, 6) is -1.30. The molecular weight excluding hydrogens is 240 g/mol. The number of amides is 2. The fraction of sp³-hybridized carbons (Fsp3) is 0.818. The number of urea groups is 1. The van der Waals surface area contributed by atoms with E-state index < -0.39 is 24.1 Å². The van der Waals surface area contributed by atoms with Gasteiger partial charge in [0.05, 0.1) is 19.3 Å². The summed E-state index contributed by atoms with van der Waals surface area (Å²) in [5, 5.41) is 20.8. The molecule has 7 nitrogen and oxygen atoms in total. The van der Waals surface area contributed by atoms with Crippen LogP contribution in [0, 0.1) is 5.92 Å². The summed E-state index contributed by atoms with van der Waals surface area (Å²) in [6, 6.07) is -1.48. The SMILES string of the molecule is COCC(O)CN(C)C(=O)N[C@@H](C(=O)O)C(C)C. The van der Waals surface area contributed by atoms with E-state index in [1.54, 1.807) is 13.8 Å². The minimum absolute atomic E-state index is 0.0735. The highest BCUT2D eigenvalue weighted by Crippen LogP contribution is 2.02. The van der Waals surface area contributed by atoms with Gasteiger partial charge in [-0.3, -0.25) is 0 Å². The van der Waals surface area contributed by atoms with Gasteiger partial charge >= 0.3 is 12.0 Å². The van der Waals surface area contributed by atoms with Crippen LogP contribution < -0.4 is 5.32 Å². The molecule has 0 radical (unpaired) electrons. The van der Waals surface area contributed by atoms with Crippen LogP contribution in [-0.4, -0.2) is 66.6 Å². The number of nitrogens with one attached hydrogen (secondary N) is 1. The van der Waals surface area contributed by atoms with Crippen LogP contribution in [0.15, 0.2) is 0 Å². The zero-order valence-corrected chi connectivity index (χ0v) is 11.2. The van der Waals surface area contributed by atoms with E-state index in [9.17, 15) is 14.7 Å². The smallest absolute Gasteiger partial charge is 0.326 e. The van der Waals surface area contributed by atoms with Crippen LogP contribution in [0.1, 0.15) is 13.8 Å². The number of carbonyl (C=O) groups is 2. The summed E-state index contributed by atoms with van der Waals surface area (Å²) < 4.78 is 4.74. The van der Waals surface area contributed by atoms with Gasteiger partial charge in [0.15, 0.2) is 0 Å². The number of methoxy groups -OCH3 is 1. The van der Waals surface area contributed by atoms with Crippen molar-refractivity contribution in [3.63, 3.8) is 0 Å². The molecule has 0 heterocycles. The molecule has 0 aromatic heterocycles. The van der Waals surface area contributed by atoms with Crippen molar-refractivity contribution < 1.29 is 24.5 Å². The molecule has 0 aromatic rings. The van der Waals surface area contributed by atoms with Crippen LogP contribution in [-0.2, 0) is 9.53 Å². The van der Waals surface area contributed by atoms with Crippen LogP contribution in [0.4, 0.5) is 4.79 Å². The summed E-state index contributed by atoms with van der Waals surface area (Å²) in [7, 11) is 2.93. The van der Waals surface area contributed by atoms with Crippen molar-refractivity contribution in [3.05, 3.63) is 0 Å². The first-order valence-electron chi connectivity index (χ1n) is 5.71. The summed E-state index contributed by atoms with van der Waals surface area (Å²) in [4.78, 5) is 23.8. The second-order valence-corrected chi connectivity index (χ2v) is 4.50. The molecule has 0 bridgehead atoms. The zero-order valence-electron chi connectivity index (χ0n) is 11.2. The van der Waals surface area contributed by atoms with Crippen LogP contribution in [0.2, 0.25) is 0 Å². The minimum Gasteiger partial charge on any atom is -0.480 e. The van der Waals surface area contributed by atoms with E-state index in [2.05, 4.69) is 5.32 Å². The Morgan fingerprint density at radius 3 is 2.33 bits per heavy atom. The summed E-state index contributed by atoms with van der Waals surface area (Å²) in [6.45, 7) is 3.60. The Bertz CT molecular complexity index is 283. The molecule has 1 unspecified atom stereocenters. The van der Waals surface area contributed by atoms with Gasteiger partial charge in [-0.1, -0.05) is 13.8 Å². The summed E-state index contributed by atoms with van der Waals surface area (Å²) in [6.07, 6.45) is -0.798. The molecule has 0 saturated carbocycles. The number of aliphatic hydroxyl groups excluding tert-OH is 1. The number of carboxylic acid groups (broad SMARTS) is 1. The number of aliphatic carboxylic acids is 1. The fourth-order valence-corrected chi connectivity index (χ4v) is 1.40. The fourth-order valence-electron chi connectivity index (χ4n) is 1.40. The monoisotopic (exact) mass is 262 g/mol. The van der Waals surface area contributed by atoms with E-state index >= 15 is 0 Å². The molecule has 0 spiro atoms. The second-order valence-electron chi connectivity index (χ2n) is 4.50. The lowest BCUT2D eigenvalue weighted by molar-refractivity contribution is -0.140. The predicted molar refractivity (Wildman–Crippen MR) is 65.3 cm³/mol. The molecule has 18 heavy (non-hydrogen) atoms. The van der Waals surface area contributed by atoms with Gasteiger partial charge < -0.3 is 25.2 Å². The lowest BCUT2D eigenvalue weighted by atomic mass is 10.1. The van der Waals surface area contributed by atoms with Crippen LogP contribution in [0.3, 0.4) is 0 Å². The minimum atomic E-state index is -1.08. The lowest BCUT2D eigenvalue weighted by Crippen LogP contribution is -2.50. The number of rotatable bonds is 7. The zero-order chi connectivity index (χ0) is 14.3. The highest BCUT2D eigenvalue weighted by Gasteiger charge is 2.25. The number of hydrogen-bond acceptors (Lipinski definition) is 4. The Balaban J connectivity index is 4.33. The van der Waals surface area contributed by atoms with E-state index in [0.717, 1.165) is 0 Å². The van der Waals surface area contributed by atoms with Gasteiger partial charge in [0, 0.05) is 14.2 Å². The molecule has 0 aliphatic rings. The topological polar surface area (TPSA) is 99.1 Å². The molecule has 2 amide bonds. The molecule has 2 atom stereocenters. The molecular formula is C11H22N2O5. The average molecular weight is 262 g/mol. The van der Waals surface area contributed by atoms with Gasteiger partial charge in [-0.05, 0) is 5.92 Å². The first-order valence-corrected chi connectivity index (χ1v) is 5.71. The normalized spacial score (nSPS) is 14.1. The number of ether oxygens (including phenoxy) is 1. The molecule has 7 heteroatoms. The van der Waals surface area contributed by atoms with Crippen molar-refractivity contribution in [1.29, 1.82) is 0 Å². The molecule has 0 aromatic carbocycles. The van der Waals surface area contributed by atoms with Crippen molar-refractivity contribution in [2.75, 3.05) is 27.3 Å². The van der Waals surface area contributed by atoms with E-state index in [4.69, 9.17) is 9.84 Å².